The van der Waals surface area contributed by atoms with Gasteiger partial charge in [0, 0.05) is 0 Å². The van der Waals surface area contributed by atoms with Crippen LogP contribution in [0.1, 0.15) is 6.92 Å². The Balaban J connectivity index is 3.26. The zero-order valence-electron chi connectivity index (χ0n) is 5.10. The summed E-state index contributed by atoms with van der Waals surface area (Å²) in [4.78, 5) is 9.56. The zero-order valence-corrected chi connectivity index (χ0v) is 6.10. The zero-order chi connectivity index (χ0) is 6.95. The molecular weight excluding hydrogens is 132 g/mol. The summed E-state index contributed by atoms with van der Waals surface area (Å²) in [6.45, 7) is 2.44. The van der Waals surface area contributed by atoms with Gasteiger partial charge in [0.1, 0.15) is 12.0 Å². The number of ether oxygens (including phenoxy) is 1. The minimum atomic E-state index is 0.207. The summed E-state index contributed by atoms with van der Waals surface area (Å²) in [6, 6.07) is 0. The summed E-state index contributed by atoms with van der Waals surface area (Å²) in [5, 5.41) is 0. The molecule has 0 amide bonds. The summed E-state index contributed by atoms with van der Waals surface area (Å²) in [6.07, 6.45) is 2.42. The summed E-state index contributed by atoms with van der Waals surface area (Å²) in [7, 11) is 0.207. The third-order valence-electron chi connectivity index (χ3n) is 0.471. The van der Waals surface area contributed by atoms with Gasteiger partial charge < -0.3 is 4.74 Å². The fourth-order valence-corrected chi connectivity index (χ4v) is 0.465. The van der Waals surface area contributed by atoms with Gasteiger partial charge in [-0.3, -0.25) is 0 Å². The fourth-order valence-electron chi connectivity index (χ4n) is 0.203. The van der Waals surface area contributed by atoms with Gasteiger partial charge in [0.15, 0.2) is 9.52 Å². The van der Waals surface area contributed by atoms with Crippen LogP contribution in [0.5, 0.6) is 0 Å². The van der Waals surface area contributed by atoms with E-state index in [1.54, 1.807) is 5.94 Å². The van der Waals surface area contributed by atoms with Crippen molar-refractivity contribution in [1.29, 1.82) is 0 Å². The van der Waals surface area contributed by atoms with Gasteiger partial charge in [-0.2, -0.15) is 0 Å². The Hall–Kier alpha value is -0.973. The molecule has 3 heteroatoms. The van der Waals surface area contributed by atoms with E-state index in [9.17, 15) is 4.79 Å². The van der Waals surface area contributed by atoms with E-state index in [2.05, 4.69) is 16.4 Å². The molecule has 0 aromatic heterocycles. The molecule has 0 spiro atoms. The highest BCUT2D eigenvalue weighted by Gasteiger charge is 1.70. The van der Waals surface area contributed by atoms with Crippen molar-refractivity contribution >= 4 is 15.5 Å². The summed E-state index contributed by atoms with van der Waals surface area (Å²) < 4.78 is 4.68. The van der Waals surface area contributed by atoms with E-state index in [-0.39, 0.29) is 9.52 Å². The van der Waals surface area contributed by atoms with E-state index < -0.39 is 0 Å². The predicted molar refractivity (Wildman–Crippen MR) is 35.4 cm³/mol. The molecule has 46 valence electrons. The molecule has 2 nitrogen and oxygen atoms in total. The molecule has 0 heterocycles. The number of hydrogen-bond donors (Lipinski definition) is 0. The monoisotopic (exact) mass is 138 g/mol. The van der Waals surface area contributed by atoms with Crippen LogP contribution in [0, 0.1) is 11.7 Å². The number of carbonyl (C=O) groups excluding carboxylic acids is 1. The van der Waals surface area contributed by atoms with E-state index in [1.165, 1.54) is 5.70 Å². The van der Waals surface area contributed by atoms with Crippen LogP contribution in [-0.4, -0.2) is 22.1 Å². The van der Waals surface area contributed by atoms with Crippen LogP contribution in [0.15, 0.2) is 5.70 Å². The van der Waals surface area contributed by atoms with E-state index in [0.717, 1.165) is 0 Å². The SMILES string of the molecule is CCOC#C[Si]C=C=O. The first-order chi connectivity index (χ1) is 4.41. The topological polar surface area (TPSA) is 26.3 Å². The Morgan fingerprint density at radius 1 is 1.78 bits per heavy atom. The van der Waals surface area contributed by atoms with Crippen molar-refractivity contribution in [2.75, 3.05) is 6.61 Å². The van der Waals surface area contributed by atoms with Crippen molar-refractivity contribution in [3.63, 3.8) is 0 Å². The van der Waals surface area contributed by atoms with Gasteiger partial charge in [-0.05, 0) is 12.6 Å². The van der Waals surface area contributed by atoms with Crippen molar-refractivity contribution in [2.45, 2.75) is 6.92 Å². The van der Waals surface area contributed by atoms with E-state index in [4.69, 9.17) is 0 Å². The van der Waals surface area contributed by atoms with Crippen molar-refractivity contribution in [1.82, 2.24) is 0 Å². The Morgan fingerprint density at radius 2 is 2.56 bits per heavy atom. The quantitative estimate of drug-likeness (QED) is 0.305. The summed E-state index contributed by atoms with van der Waals surface area (Å²) in [5.41, 5.74) is 3.96. The Morgan fingerprint density at radius 3 is 3.11 bits per heavy atom. The third kappa shape index (κ3) is 7.03. The van der Waals surface area contributed by atoms with Crippen molar-refractivity contribution in [2.24, 2.45) is 0 Å². The number of hydrogen-bond acceptors (Lipinski definition) is 2. The molecule has 0 fully saturated rings. The van der Waals surface area contributed by atoms with Gasteiger partial charge in [0.2, 0.25) is 0 Å². The molecule has 0 N–H and O–H groups in total. The molecule has 0 unspecified atom stereocenters. The lowest BCUT2D eigenvalue weighted by Crippen LogP contribution is -1.81. The molecule has 0 aliphatic heterocycles. The Labute approximate surface area is 56.7 Å². The highest BCUT2D eigenvalue weighted by atomic mass is 28.2. The second-order valence-electron chi connectivity index (χ2n) is 1.07. The van der Waals surface area contributed by atoms with Crippen LogP contribution in [0.25, 0.3) is 0 Å². The second-order valence-corrected chi connectivity index (χ2v) is 1.89. The highest BCUT2D eigenvalue weighted by Crippen LogP contribution is 1.64. The van der Waals surface area contributed by atoms with E-state index in [1.807, 2.05) is 6.92 Å². The molecule has 0 saturated carbocycles. The molecule has 0 aliphatic rings. The standard InChI is InChI=1S/C6H6O2Si/c1-2-8-4-6-9-5-3-7/h5H,2H2,1H3. The smallest absolute Gasteiger partial charge is 0.195 e. The lowest BCUT2D eigenvalue weighted by Gasteiger charge is -1.82. The van der Waals surface area contributed by atoms with Gasteiger partial charge in [-0.1, -0.05) is 5.54 Å². The minimum absolute atomic E-state index is 0.207. The molecule has 0 bridgehead atoms. The molecule has 0 aliphatic carbocycles. The first-order valence-corrected chi connectivity index (χ1v) is 3.56. The van der Waals surface area contributed by atoms with Crippen molar-refractivity contribution in [3.05, 3.63) is 5.70 Å². The van der Waals surface area contributed by atoms with Crippen LogP contribution >= 0.6 is 0 Å². The van der Waals surface area contributed by atoms with Gasteiger partial charge in [0.25, 0.3) is 0 Å². The largest absolute Gasteiger partial charge is 0.447 e. The normalized spacial score (nSPS) is 6.33. The van der Waals surface area contributed by atoms with E-state index >= 15 is 0 Å². The van der Waals surface area contributed by atoms with Gasteiger partial charge in [0.05, 0.1) is 6.61 Å². The van der Waals surface area contributed by atoms with Crippen molar-refractivity contribution in [3.8, 4) is 11.7 Å². The molecule has 0 rings (SSSR count). The van der Waals surface area contributed by atoms with Crippen LogP contribution in [0.2, 0.25) is 0 Å². The molecule has 2 radical (unpaired) electrons. The predicted octanol–water partition coefficient (Wildman–Crippen LogP) is -0.00920. The maximum Gasteiger partial charge on any atom is 0.195 e. The van der Waals surface area contributed by atoms with Crippen LogP contribution < -0.4 is 0 Å². The van der Waals surface area contributed by atoms with E-state index in [0.29, 0.717) is 6.61 Å². The van der Waals surface area contributed by atoms with Crippen LogP contribution in [-0.2, 0) is 9.53 Å². The second kappa shape index (κ2) is 7.03. The third-order valence-corrected chi connectivity index (χ3v) is 0.979. The van der Waals surface area contributed by atoms with Crippen molar-refractivity contribution < 1.29 is 9.53 Å². The highest BCUT2D eigenvalue weighted by molar-refractivity contribution is 6.53. The van der Waals surface area contributed by atoms with Gasteiger partial charge >= 0.3 is 0 Å². The van der Waals surface area contributed by atoms with Gasteiger partial charge in [-0.25, -0.2) is 4.79 Å². The molecular formula is C6H6O2Si. The molecule has 0 aromatic carbocycles. The maximum atomic E-state index is 9.56. The molecule has 0 atom stereocenters. The number of rotatable bonds is 2. The van der Waals surface area contributed by atoms with Crippen LogP contribution in [0.4, 0.5) is 0 Å². The Bertz CT molecular complexity index is 160. The van der Waals surface area contributed by atoms with Crippen LogP contribution in [0.3, 0.4) is 0 Å². The lowest BCUT2D eigenvalue weighted by atomic mass is 10.9. The first kappa shape index (κ1) is 8.03. The molecule has 9 heavy (non-hydrogen) atoms. The first-order valence-electron chi connectivity index (χ1n) is 2.48. The Kier molecular flexibility index (Phi) is 6.27. The summed E-state index contributed by atoms with van der Waals surface area (Å²) >= 11 is 0. The average molecular weight is 138 g/mol. The minimum Gasteiger partial charge on any atom is -0.447 e. The van der Waals surface area contributed by atoms with Gasteiger partial charge in [-0.15, -0.1) is 0 Å². The lowest BCUT2D eigenvalue weighted by molar-refractivity contribution is 0.299. The summed E-state index contributed by atoms with van der Waals surface area (Å²) in [5.74, 6) is 1.62. The average Bonchev–Trinajstić information content (AvgIpc) is 1.89. The fraction of sp³-hybridized carbons (Fsp3) is 0.333. The molecule has 0 saturated heterocycles. The molecule has 0 aromatic rings. The maximum absolute atomic E-state index is 9.56.